The van der Waals surface area contributed by atoms with Gasteiger partial charge in [0.1, 0.15) is 11.6 Å². The van der Waals surface area contributed by atoms with Gasteiger partial charge in [-0.05, 0) is 17.5 Å². The lowest BCUT2D eigenvalue weighted by Crippen LogP contribution is -2.34. The normalized spacial score (nSPS) is 13.7. The molecule has 0 fully saturated rings. The Morgan fingerprint density at radius 1 is 1.31 bits per heavy atom. The van der Waals surface area contributed by atoms with Gasteiger partial charge in [-0.3, -0.25) is 9.48 Å². The van der Waals surface area contributed by atoms with E-state index in [1.807, 2.05) is 16.8 Å². The topological polar surface area (TPSA) is 38.1 Å². The fraction of sp³-hybridized carbons (Fsp3) is 0.263. The molecule has 1 aromatic carbocycles. The van der Waals surface area contributed by atoms with Crippen molar-refractivity contribution in [1.82, 2.24) is 14.7 Å². The van der Waals surface area contributed by atoms with Gasteiger partial charge in [-0.25, -0.2) is 8.78 Å². The van der Waals surface area contributed by atoms with Crippen LogP contribution in [0.25, 0.3) is 11.3 Å². The average Bonchev–Trinajstić information content (AvgIpc) is 3.25. The van der Waals surface area contributed by atoms with Crippen LogP contribution in [0, 0.1) is 11.6 Å². The molecule has 0 N–H and O–H groups in total. The molecule has 3 heterocycles. The van der Waals surface area contributed by atoms with Crippen molar-refractivity contribution in [2.75, 3.05) is 6.54 Å². The van der Waals surface area contributed by atoms with Crippen LogP contribution in [0.1, 0.15) is 23.7 Å². The maximum absolute atomic E-state index is 14.1. The molecule has 4 rings (SSSR count). The lowest BCUT2D eigenvalue weighted by atomic mass is 10.0. The van der Waals surface area contributed by atoms with Gasteiger partial charge in [0.25, 0.3) is 0 Å². The third kappa shape index (κ3) is 3.03. The first-order chi connectivity index (χ1) is 12.5. The van der Waals surface area contributed by atoms with Gasteiger partial charge in [0, 0.05) is 60.3 Å². The molecule has 1 aliphatic heterocycles. The molecule has 0 spiro atoms. The van der Waals surface area contributed by atoms with Crippen LogP contribution in [0.2, 0.25) is 0 Å². The average molecular weight is 373 g/mol. The molecule has 0 aliphatic carbocycles. The molecule has 1 aliphatic rings. The SMILES string of the molecule is CC(=O)N1CCc2c(c(-c3ccsc3)nn2Cc2ccc(F)cc2F)C1. The first-order valence-corrected chi connectivity index (χ1v) is 9.28. The van der Waals surface area contributed by atoms with Crippen molar-refractivity contribution >= 4 is 17.2 Å². The summed E-state index contributed by atoms with van der Waals surface area (Å²) in [7, 11) is 0. The van der Waals surface area contributed by atoms with Crippen molar-refractivity contribution < 1.29 is 13.6 Å². The minimum absolute atomic E-state index is 0.0317. The minimum Gasteiger partial charge on any atom is -0.338 e. The van der Waals surface area contributed by atoms with Gasteiger partial charge in [-0.2, -0.15) is 16.4 Å². The summed E-state index contributed by atoms with van der Waals surface area (Å²) in [6, 6.07) is 5.59. The van der Waals surface area contributed by atoms with Gasteiger partial charge in [-0.1, -0.05) is 6.07 Å². The Bertz CT molecular complexity index is 966. The second-order valence-electron chi connectivity index (χ2n) is 6.37. The smallest absolute Gasteiger partial charge is 0.219 e. The number of aromatic nitrogens is 2. The fourth-order valence-electron chi connectivity index (χ4n) is 3.33. The third-order valence-corrected chi connectivity index (χ3v) is 5.39. The van der Waals surface area contributed by atoms with Crippen LogP contribution < -0.4 is 0 Å². The number of thiophene rings is 1. The first kappa shape index (κ1) is 16.9. The highest BCUT2D eigenvalue weighted by Crippen LogP contribution is 2.32. The van der Waals surface area contributed by atoms with E-state index in [1.54, 1.807) is 27.8 Å². The number of nitrogens with zero attached hydrogens (tertiary/aromatic N) is 3. The molecule has 1 amide bonds. The van der Waals surface area contributed by atoms with Crippen LogP contribution >= 0.6 is 11.3 Å². The van der Waals surface area contributed by atoms with Gasteiger partial charge < -0.3 is 4.90 Å². The monoisotopic (exact) mass is 373 g/mol. The number of carbonyl (C=O) groups excluding carboxylic acids is 1. The van der Waals surface area contributed by atoms with Crippen LogP contribution in [-0.4, -0.2) is 27.1 Å². The Hall–Kier alpha value is -2.54. The summed E-state index contributed by atoms with van der Waals surface area (Å²) in [5.41, 5.74) is 4.23. The van der Waals surface area contributed by atoms with Crippen LogP contribution in [0.5, 0.6) is 0 Å². The summed E-state index contributed by atoms with van der Waals surface area (Å²) >= 11 is 1.58. The van der Waals surface area contributed by atoms with Gasteiger partial charge in [0.15, 0.2) is 0 Å². The van der Waals surface area contributed by atoms with Gasteiger partial charge >= 0.3 is 0 Å². The Kier molecular flexibility index (Phi) is 4.32. The fourth-order valence-corrected chi connectivity index (χ4v) is 3.97. The second-order valence-corrected chi connectivity index (χ2v) is 7.15. The molecular formula is C19H17F2N3OS. The summed E-state index contributed by atoms with van der Waals surface area (Å²) in [6.07, 6.45) is 0.662. The second kappa shape index (κ2) is 6.64. The minimum atomic E-state index is -0.593. The summed E-state index contributed by atoms with van der Waals surface area (Å²) in [4.78, 5) is 13.6. The van der Waals surface area contributed by atoms with Crippen LogP contribution in [0.3, 0.4) is 0 Å². The van der Waals surface area contributed by atoms with Crippen molar-refractivity contribution in [2.45, 2.75) is 26.4 Å². The zero-order valence-corrected chi connectivity index (χ0v) is 15.0. The molecule has 0 atom stereocenters. The van der Waals surface area contributed by atoms with Gasteiger partial charge in [-0.15, -0.1) is 0 Å². The summed E-state index contributed by atoms with van der Waals surface area (Å²) in [5.74, 6) is -1.14. The Morgan fingerprint density at radius 3 is 2.85 bits per heavy atom. The molecule has 0 saturated carbocycles. The molecule has 3 aromatic rings. The highest BCUT2D eigenvalue weighted by atomic mass is 32.1. The number of hydrogen-bond donors (Lipinski definition) is 0. The van der Waals surface area contributed by atoms with E-state index in [-0.39, 0.29) is 12.5 Å². The number of halogens is 2. The highest BCUT2D eigenvalue weighted by Gasteiger charge is 2.27. The molecule has 0 radical (unpaired) electrons. The van der Waals surface area contributed by atoms with Crippen molar-refractivity contribution in [3.63, 3.8) is 0 Å². The van der Waals surface area contributed by atoms with Crippen molar-refractivity contribution in [2.24, 2.45) is 0 Å². The molecule has 7 heteroatoms. The van der Waals surface area contributed by atoms with Gasteiger partial charge in [0.05, 0.1) is 12.2 Å². The van der Waals surface area contributed by atoms with E-state index in [0.29, 0.717) is 25.1 Å². The predicted octanol–water partition coefficient (Wildman–Crippen LogP) is 3.84. The number of carbonyl (C=O) groups is 1. The summed E-state index contributed by atoms with van der Waals surface area (Å²) in [5, 5.41) is 8.70. The van der Waals surface area contributed by atoms with E-state index in [4.69, 9.17) is 5.10 Å². The number of rotatable bonds is 3. The van der Waals surface area contributed by atoms with Crippen LogP contribution in [0.15, 0.2) is 35.0 Å². The number of hydrogen-bond acceptors (Lipinski definition) is 3. The van der Waals surface area contributed by atoms with E-state index in [1.165, 1.54) is 12.1 Å². The quantitative estimate of drug-likeness (QED) is 0.700. The van der Waals surface area contributed by atoms with Crippen LogP contribution in [0.4, 0.5) is 8.78 Å². The lowest BCUT2D eigenvalue weighted by molar-refractivity contribution is -0.129. The zero-order valence-electron chi connectivity index (χ0n) is 14.2. The van der Waals surface area contributed by atoms with E-state index >= 15 is 0 Å². The number of amides is 1. The van der Waals surface area contributed by atoms with E-state index in [9.17, 15) is 13.6 Å². The molecular weight excluding hydrogens is 356 g/mol. The van der Waals surface area contributed by atoms with E-state index in [0.717, 1.165) is 28.6 Å². The zero-order chi connectivity index (χ0) is 18.3. The number of benzene rings is 1. The molecule has 26 heavy (non-hydrogen) atoms. The molecule has 0 bridgehead atoms. The van der Waals surface area contributed by atoms with E-state index < -0.39 is 11.6 Å². The Labute approximate surface area is 153 Å². The number of fused-ring (bicyclic) bond motifs is 1. The van der Waals surface area contributed by atoms with E-state index in [2.05, 4.69) is 0 Å². The Balaban J connectivity index is 1.76. The standard InChI is InChI=1S/C19H17F2N3OS/c1-12(25)23-6-4-18-16(10-23)19(14-5-7-26-11-14)22-24(18)9-13-2-3-15(20)8-17(13)21/h2-3,5,7-8,11H,4,6,9-10H2,1H3. The summed E-state index contributed by atoms with van der Waals surface area (Å²) < 4.78 is 29.0. The van der Waals surface area contributed by atoms with Crippen LogP contribution in [-0.2, 0) is 24.3 Å². The molecule has 2 aromatic heterocycles. The third-order valence-electron chi connectivity index (χ3n) is 4.71. The Morgan fingerprint density at radius 2 is 2.15 bits per heavy atom. The van der Waals surface area contributed by atoms with Crippen molar-refractivity contribution in [3.05, 3.63) is 63.5 Å². The van der Waals surface area contributed by atoms with Crippen molar-refractivity contribution in [3.8, 4) is 11.3 Å². The highest BCUT2D eigenvalue weighted by molar-refractivity contribution is 7.08. The molecule has 0 saturated heterocycles. The molecule has 4 nitrogen and oxygen atoms in total. The maximum Gasteiger partial charge on any atom is 0.219 e. The largest absolute Gasteiger partial charge is 0.338 e. The van der Waals surface area contributed by atoms with Gasteiger partial charge in [0.2, 0.25) is 5.91 Å². The summed E-state index contributed by atoms with van der Waals surface area (Å²) in [6.45, 7) is 2.91. The van der Waals surface area contributed by atoms with Crippen molar-refractivity contribution in [1.29, 1.82) is 0 Å². The molecule has 0 unspecified atom stereocenters. The maximum atomic E-state index is 14.1. The lowest BCUT2D eigenvalue weighted by Gasteiger charge is -2.26. The predicted molar refractivity (Wildman–Crippen MR) is 95.8 cm³/mol. The first-order valence-electron chi connectivity index (χ1n) is 8.33. The molecule has 134 valence electrons.